The first-order valence-electron chi connectivity index (χ1n) is 10.7. The van der Waals surface area contributed by atoms with Crippen molar-refractivity contribution >= 4 is 23.2 Å². The van der Waals surface area contributed by atoms with Gasteiger partial charge in [0, 0.05) is 35.5 Å². The monoisotopic (exact) mass is 438 g/mol. The van der Waals surface area contributed by atoms with Crippen molar-refractivity contribution in [1.29, 1.82) is 0 Å². The van der Waals surface area contributed by atoms with Crippen molar-refractivity contribution in [1.82, 2.24) is 9.97 Å². The third-order valence-corrected chi connectivity index (χ3v) is 5.72. The summed E-state index contributed by atoms with van der Waals surface area (Å²) in [4.78, 5) is 35.6. The summed E-state index contributed by atoms with van der Waals surface area (Å²) in [5.74, 6) is 0.229. The molecule has 0 unspecified atom stereocenters. The van der Waals surface area contributed by atoms with Crippen LogP contribution in [0.25, 0.3) is 11.3 Å². The standard InChI is InChI=1S/C26H22N4O3/c1-16-27-21-14-15-30(22-8-4-2-6-19(22)24(21)28-16)26(33)17-10-12-18(13-11-17)29-25(32)20-7-3-5-9-23(20)31/h2-13,31H,14-15H2,1H3,(H,27,28)(H,29,32). The van der Waals surface area contributed by atoms with Crippen LogP contribution in [0.2, 0.25) is 0 Å². The molecule has 0 radical (unpaired) electrons. The average molecular weight is 438 g/mol. The quantitative estimate of drug-likeness (QED) is 0.437. The SMILES string of the molecule is Cc1nc2c([nH]1)CCN(C(=O)c1ccc(NC(=O)c3ccccc3O)cc1)c1ccccc1-2. The molecule has 4 aromatic rings. The lowest BCUT2D eigenvalue weighted by Gasteiger charge is -2.23. The molecule has 33 heavy (non-hydrogen) atoms. The molecular weight excluding hydrogens is 416 g/mol. The molecule has 1 aromatic heterocycles. The number of imidazole rings is 1. The number of phenolic OH excluding ortho intramolecular Hbond substituents is 1. The molecule has 2 heterocycles. The summed E-state index contributed by atoms with van der Waals surface area (Å²) >= 11 is 0. The summed E-state index contributed by atoms with van der Waals surface area (Å²) in [6.45, 7) is 2.45. The molecule has 0 aliphatic carbocycles. The number of carbonyl (C=O) groups excluding carboxylic acids is 2. The van der Waals surface area contributed by atoms with Crippen LogP contribution in [0.4, 0.5) is 11.4 Å². The molecule has 3 aromatic carbocycles. The van der Waals surface area contributed by atoms with Crippen LogP contribution in [-0.2, 0) is 6.42 Å². The predicted octanol–water partition coefficient (Wildman–Crippen LogP) is 4.55. The van der Waals surface area contributed by atoms with Gasteiger partial charge in [-0.05, 0) is 49.4 Å². The molecular formula is C26H22N4O3. The van der Waals surface area contributed by atoms with Crippen LogP contribution in [0, 0.1) is 6.92 Å². The number of amides is 2. The van der Waals surface area contributed by atoms with E-state index in [9.17, 15) is 14.7 Å². The number of anilines is 2. The third-order valence-electron chi connectivity index (χ3n) is 5.72. The number of nitrogens with one attached hydrogen (secondary N) is 2. The number of aromatic hydroxyl groups is 1. The molecule has 0 fully saturated rings. The Bertz CT molecular complexity index is 1360. The van der Waals surface area contributed by atoms with E-state index in [4.69, 9.17) is 0 Å². The summed E-state index contributed by atoms with van der Waals surface area (Å²) in [5, 5.41) is 12.6. The smallest absolute Gasteiger partial charge is 0.259 e. The van der Waals surface area contributed by atoms with Crippen LogP contribution in [0.3, 0.4) is 0 Å². The lowest BCUT2D eigenvalue weighted by Crippen LogP contribution is -2.32. The number of aromatic nitrogens is 2. The van der Waals surface area contributed by atoms with Gasteiger partial charge in [0.15, 0.2) is 0 Å². The summed E-state index contributed by atoms with van der Waals surface area (Å²) in [7, 11) is 0. The van der Waals surface area contributed by atoms with E-state index in [1.807, 2.05) is 31.2 Å². The van der Waals surface area contributed by atoms with Crippen LogP contribution in [0.15, 0.2) is 72.8 Å². The minimum Gasteiger partial charge on any atom is -0.507 e. The van der Waals surface area contributed by atoms with Crippen LogP contribution in [-0.4, -0.2) is 33.4 Å². The Hall–Kier alpha value is -4.39. The minimum absolute atomic E-state index is 0.0869. The molecule has 0 saturated heterocycles. The van der Waals surface area contributed by atoms with Gasteiger partial charge < -0.3 is 20.3 Å². The van der Waals surface area contributed by atoms with Crippen molar-refractivity contribution in [2.24, 2.45) is 0 Å². The number of rotatable bonds is 3. The van der Waals surface area contributed by atoms with Gasteiger partial charge in [-0.3, -0.25) is 9.59 Å². The zero-order valence-corrected chi connectivity index (χ0v) is 18.0. The van der Waals surface area contributed by atoms with Crippen LogP contribution in [0.1, 0.15) is 32.2 Å². The van der Waals surface area contributed by atoms with Gasteiger partial charge in [-0.25, -0.2) is 4.98 Å². The van der Waals surface area contributed by atoms with Gasteiger partial charge in [-0.2, -0.15) is 0 Å². The lowest BCUT2D eigenvalue weighted by molar-refractivity contribution is 0.0986. The number of fused-ring (bicyclic) bond motifs is 3. The third kappa shape index (κ3) is 3.85. The van der Waals surface area contributed by atoms with Crippen molar-refractivity contribution in [3.05, 3.63) is 95.4 Å². The van der Waals surface area contributed by atoms with Crippen LogP contribution >= 0.6 is 0 Å². The molecule has 7 nitrogen and oxygen atoms in total. The highest BCUT2D eigenvalue weighted by Gasteiger charge is 2.26. The number of hydrogen-bond donors (Lipinski definition) is 3. The number of carbonyl (C=O) groups is 2. The van der Waals surface area contributed by atoms with Crippen molar-refractivity contribution in [2.45, 2.75) is 13.3 Å². The Morgan fingerprint density at radius 3 is 2.52 bits per heavy atom. The van der Waals surface area contributed by atoms with Crippen molar-refractivity contribution in [2.75, 3.05) is 16.8 Å². The van der Waals surface area contributed by atoms with Crippen LogP contribution in [0.5, 0.6) is 5.75 Å². The van der Waals surface area contributed by atoms with Crippen LogP contribution < -0.4 is 10.2 Å². The van der Waals surface area contributed by atoms with Gasteiger partial charge in [0.1, 0.15) is 11.6 Å². The van der Waals surface area contributed by atoms with Gasteiger partial charge in [0.05, 0.1) is 16.9 Å². The molecule has 0 spiro atoms. The van der Waals surface area contributed by atoms with Crippen molar-refractivity contribution in [3.63, 3.8) is 0 Å². The highest BCUT2D eigenvalue weighted by Crippen LogP contribution is 2.35. The fourth-order valence-electron chi connectivity index (χ4n) is 4.12. The topological polar surface area (TPSA) is 98.3 Å². The normalized spacial score (nSPS) is 12.5. The number of H-pyrrole nitrogens is 1. The predicted molar refractivity (Wildman–Crippen MR) is 127 cm³/mol. The summed E-state index contributed by atoms with van der Waals surface area (Å²) in [6.07, 6.45) is 0.672. The highest BCUT2D eigenvalue weighted by molar-refractivity contribution is 6.09. The average Bonchev–Trinajstić information content (AvgIpc) is 3.13. The minimum atomic E-state index is -0.419. The Labute approximate surface area is 190 Å². The van der Waals surface area contributed by atoms with Gasteiger partial charge in [0.2, 0.25) is 0 Å². The fourth-order valence-corrected chi connectivity index (χ4v) is 4.12. The van der Waals surface area contributed by atoms with E-state index < -0.39 is 5.91 Å². The Kier molecular flexibility index (Phi) is 5.14. The second kappa shape index (κ2) is 8.27. The van der Waals surface area contributed by atoms with E-state index in [0.29, 0.717) is 24.2 Å². The van der Waals surface area contributed by atoms with Gasteiger partial charge in [-0.15, -0.1) is 0 Å². The van der Waals surface area contributed by atoms with Gasteiger partial charge in [0.25, 0.3) is 11.8 Å². The second-order valence-corrected chi connectivity index (χ2v) is 7.92. The zero-order chi connectivity index (χ0) is 22.9. The number of hydrogen-bond acceptors (Lipinski definition) is 4. The van der Waals surface area contributed by atoms with E-state index in [-0.39, 0.29) is 17.2 Å². The number of aryl methyl sites for hydroxylation is 1. The highest BCUT2D eigenvalue weighted by atomic mass is 16.3. The largest absolute Gasteiger partial charge is 0.507 e. The maximum absolute atomic E-state index is 13.4. The summed E-state index contributed by atoms with van der Waals surface area (Å²) < 4.78 is 0. The Morgan fingerprint density at radius 2 is 1.73 bits per heavy atom. The zero-order valence-electron chi connectivity index (χ0n) is 18.0. The molecule has 164 valence electrons. The van der Waals surface area contributed by atoms with E-state index in [2.05, 4.69) is 15.3 Å². The molecule has 0 bridgehead atoms. The Balaban J connectivity index is 1.39. The fraction of sp³-hybridized carbons (Fsp3) is 0.115. The molecule has 0 saturated carbocycles. The second-order valence-electron chi connectivity index (χ2n) is 7.92. The van der Waals surface area contributed by atoms with Gasteiger partial charge >= 0.3 is 0 Å². The van der Waals surface area contributed by atoms with Crippen molar-refractivity contribution in [3.8, 4) is 17.0 Å². The molecule has 3 N–H and O–H groups in total. The first-order valence-corrected chi connectivity index (χ1v) is 10.7. The molecule has 5 rings (SSSR count). The summed E-state index contributed by atoms with van der Waals surface area (Å²) in [6, 6.07) is 20.9. The first-order chi connectivity index (χ1) is 16.0. The van der Waals surface area contributed by atoms with E-state index in [0.717, 1.165) is 28.5 Å². The van der Waals surface area contributed by atoms with Crippen molar-refractivity contribution < 1.29 is 14.7 Å². The summed E-state index contributed by atoms with van der Waals surface area (Å²) in [5.41, 5.74) is 4.90. The number of phenols is 1. The maximum Gasteiger partial charge on any atom is 0.259 e. The van der Waals surface area contributed by atoms with Gasteiger partial charge in [-0.1, -0.05) is 30.3 Å². The number of benzene rings is 3. The molecule has 7 heteroatoms. The lowest BCUT2D eigenvalue weighted by atomic mass is 10.1. The number of aromatic amines is 1. The van der Waals surface area contributed by atoms with E-state index in [1.54, 1.807) is 47.4 Å². The maximum atomic E-state index is 13.4. The number of para-hydroxylation sites is 2. The number of nitrogens with zero attached hydrogens (tertiary/aromatic N) is 2. The molecule has 2 amide bonds. The molecule has 1 aliphatic heterocycles. The van der Waals surface area contributed by atoms with E-state index in [1.165, 1.54) is 6.07 Å². The molecule has 1 aliphatic rings. The first kappa shape index (κ1) is 20.5. The molecule has 0 atom stereocenters. The van der Waals surface area contributed by atoms with E-state index >= 15 is 0 Å². The Morgan fingerprint density at radius 1 is 1.00 bits per heavy atom.